The van der Waals surface area contributed by atoms with E-state index < -0.39 is 0 Å². The van der Waals surface area contributed by atoms with Crippen LogP contribution in [0.2, 0.25) is 0 Å². The molecule has 4 rings (SSSR count). The van der Waals surface area contributed by atoms with Crippen LogP contribution in [0.1, 0.15) is 34.5 Å². The summed E-state index contributed by atoms with van der Waals surface area (Å²) in [5.41, 5.74) is 7.93. The molecule has 1 aliphatic heterocycles. The topological polar surface area (TPSA) is 44.9 Å². The fraction of sp³-hybridized carbons (Fsp3) is 0.391. The van der Waals surface area contributed by atoms with Crippen molar-refractivity contribution in [2.75, 3.05) is 13.1 Å². The smallest absolute Gasteiger partial charge is 0.0635 e. The molecule has 1 aromatic carbocycles. The van der Waals surface area contributed by atoms with E-state index in [1.807, 2.05) is 13.1 Å². The third-order valence-electron chi connectivity index (χ3n) is 5.63. The SMILES string of the molecule is Cc1ccc2c(c1)c1c(n2CCc2ccc(C)nc2)CCN(CCC#N)C1. The zero-order valence-corrected chi connectivity index (χ0v) is 16.2. The first-order valence-corrected chi connectivity index (χ1v) is 9.77. The Balaban J connectivity index is 1.66. The lowest BCUT2D eigenvalue weighted by Gasteiger charge is -2.27. The molecule has 0 atom stereocenters. The normalized spacial score (nSPS) is 14.3. The molecule has 0 unspecified atom stereocenters. The summed E-state index contributed by atoms with van der Waals surface area (Å²) in [5, 5.41) is 10.3. The van der Waals surface area contributed by atoms with Crippen molar-refractivity contribution in [3.63, 3.8) is 0 Å². The van der Waals surface area contributed by atoms with Gasteiger partial charge >= 0.3 is 0 Å². The first-order valence-electron chi connectivity index (χ1n) is 9.77. The van der Waals surface area contributed by atoms with Crippen molar-refractivity contribution in [3.05, 3.63) is 64.6 Å². The Kier molecular flexibility index (Phi) is 4.96. The first kappa shape index (κ1) is 17.8. The minimum atomic E-state index is 0.605. The molecule has 0 spiro atoms. The molecule has 0 radical (unpaired) electrons. The van der Waals surface area contributed by atoms with Gasteiger partial charge in [0, 0.05) is 67.5 Å². The van der Waals surface area contributed by atoms with Crippen LogP contribution in [-0.2, 0) is 25.9 Å². The van der Waals surface area contributed by atoms with Crippen molar-refractivity contribution in [3.8, 4) is 6.07 Å². The van der Waals surface area contributed by atoms with Gasteiger partial charge in [-0.15, -0.1) is 0 Å². The molecule has 3 heterocycles. The number of rotatable bonds is 5. The molecule has 0 saturated heterocycles. The highest BCUT2D eigenvalue weighted by molar-refractivity contribution is 5.86. The van der Waals surface area contributed by atoms with Crippen molar-refractivity contribution in [2.45, 2.75) is 46.2 Å². The van der Waals surface area contributed by atoms with Gasteiger partial charge < -0.3 is 4.57 Å². The Morgan fingerprint density at radius 2 is 2.04 bits per heavy atom. The number of pyridine rings is 1. The molecule has 3 aromatic rings. The number of aryl methyl sites for hydroxylation is 4. The van der Waals surface area contributed by atoms with E-state index in [2.05, 4.69) is 57.8 Å². The second-order valence-corrected chi connectivity index (χ2v) is 7.59. The molecule has 27 heavy (non-hydrogen) atoms. The number of benzene rings is 1. The second-order valence-electron chi connectivity index (χ2n) is 7.59. The molecule has 1 aliphatic rings. The summed E-state index contributed by atoms with van der Waals surface area (Å²) in [5.74, 6) is 0. The quantitative estimate of drug-likeness (QED) is 0.688. The Hall–Kier alpha value is -2.64. The van der Waals surface area contributed by atoms with E-state index in [1.165, 1.54) is 33.3 Å². The van der Waals surface area contributed by atoms with E-state index in [1.54, 1.807) is 0 Å². The van der Waals surface area contributed by atoms with Gasteiger partial charge in [-0.25, -0.2) is 0 Å². The molecular weight excluding hydrogens is 332 g/mol. The number of fused-ring (bicyclic) bond motifs is 3. The fourth-order valence-electron chi connectivity index (χ4n) is 4.16. The highest BCUT2D eigenvalue weighted by Crippen LogP contribution is 2.32. The van der Waals surface area contributed by atoms with Gasteiger partial charge in [-0.3, -0.25) is 9.88 Å². The fourth-order valence-corrected chi connectivity index (χ4v) is 4.16. The number of hydrogen-bond donors (Lipinski definition) is 0. The Bertz CT molecular complexity index is 992. The van der Waals surface area contributed by atoms with Crippen LogP contribution in [0.25, 0.3) is 10.9 Å². The molecule has 4 heteroatoms. The first-order chi connectivity index (χ1) is 13.2. The van der Waals surface area contributed by atoms with Crippen LogP contribution in [0.15, 0.2) is 36.5 Å². The third kappa shape index (κ3) is 3.61. The van der Waals surface area contributed by atoms with E-state index >= 15 is 0 Å². The zero-order valence-electron chi connectivity index (χ0n) is 16.2. The van der Waals surface area contributed by atoms with E-state index in [4.69, 9.17) is 5.26 Å². The van der Waals surface area contributed by atoms with E-state index in [9.17, 15) is 0 Å². The maximum atomic E-state index is 8.91. The molecule has 4 nitrogen and oxygen atoms in total. The monoisotopic (exact) mass is 358 g/mol. The highest BCUT2D eigenvalue weighted by atomic mass is 15.1. The van der Waals surface area contributed by atoms with Crippen LogP contribution in [0, 0.1) is 25.2 Å². The number of nitriles is 1. The molecule has 0 fully saturated rings. The van der Waals surface area contributed by atoms with Crippen LogP contribution in [0.4, 0.5) is 0 Å². The Morgan fingerprint density at radius 1 is 1.15 bits per heavy atom. The van der Waals surface area contributed by atoms with Gasteiger partial charge in [-0.05, 0) is 49.6 Å². The summed E-state index contributed by atoms with van der Waals surface area (Å²) in [6, 6.07) is 13.4. The lowest BCUT2D eigenvalue weighted by atomic mass is 10.0. The van der Waals surface area contributed by atoms with Crippen molar-refractivity contribution in [1.82, 2.24) is 14.5 Å². The van der Waals surface area contributed by atoms with E-state index in [0.717, 1.165) is 44.7 Å². The van der Waals surface area contributed by atoms with Gasteiger partial charge in [0.15, 0.2) is 0 Å². The molecule has 0 bridgehead atoms. The van der Waals surface area contributed by atoms with Gasteiger partial charge in [-0.1, -0.05) is 17.7 Å². The minimum absolute atomic E-state index is 0.605. The second kappa shape index (κ2) is 7.54. The van der Waals surface area contributed by atoms with Gasteiger partial charge in [0.05, 0.1) is 6.07 Å². The average Bonchev–Trinajstić information content (AvgIpc) is 2.98. The largest absolute Gasteiger partial charge is 0.344 e. The van der Waals surface area contributed by atoms with Gasteiger partial charge in [0.2, 0.25) is 0 Å². The molecule has 0 saturated carbocycles. The van der Waals surface area contributed by atoms with Crippen LogP contribution >= 0.6 is 0 Å². The maximum Gasteiger partial charge on any atom is 0.0635 e. The summed E-state index contributed by atoms with van der Waals surface area (Å²) in [4.78, 5) is 6.85. The molecule has 138 valence electrons. The third-order valence-corrected chi connectivity index (χ3v) is 5.63. The summed E-state index contributed by atoms with van der Waals surface area (Å²) in [6.45, 7) is 8.03. The van der Waals surface area contributed by atoms with E-state index in [-0.39, 0.29) is 0 Å². The van der Waals surface area contributed by atoms with Crippen LogP contribution < -0.4 is 0 Å². The number of nitrogens with zero attached hydrogens (tertiary/aromatic N) is 4. The Morgan fingerprint density at radius 3 is 2.81 bits per heavy atom. The lowest BCUT2D eigenvalue weighted by Crippen LogP contribution is -2.31. The summed E-state index contributed by atoms with van der Waals surface area (Å²) in [6.07, 6.45) is 4.66. The molecule has 0 aliphatic carbocycles. The summed E-state index contributed by atoms with van der Waals surface area (Å²) >= 11 is 0. The lowest BCUT2D eigenvalue weighted by molar-refractivity contribution is 0.257. The summed E-state index contributed by atoms with van der Waals surface area (Å²) < 4.78 is 2.52. The standard InChI is InChI=1S/C23H26N4/c1-17-4-7-22-20(14-17)21-16-26(11-3-10-24)12-9-23(21)27(22)13-8-19-6-5-18(2)25-15-19/h4-7,14-15H,3,8-9,11-13,16H2,1-2H3. The van der Waals surface area contributed by atoms with Gasteiger partial charge in [0.1, 0.15) is 0 Å². The average molecular weight is 358 g/mol. The Labute approximate surface area is 161 Å². The van der Waals surface area contributed by atoms with Crippen molar-refractivity contribution in [2.24, 2.45) is 0 Å². The van der Waals surface area contributed by atoms with Crippen molar-refractivity contribution < 1.29 is 0 Å². The number of aromatic nitrogens is 2. The predicted octanol–water partition coefficient (Wildman–Crippen LogP) is 4.17. The van der Waals surface area contributed by atoms with Gasteiger partial charge in [0.25, 0.3) is 0 Å². The van der Waals surface area contributed by atoms with Crippen molar-refractivity contribution in [1.29, 1.82) is 5.26 Å². The van der Waals surface area contributed by atoms with E-state index in [0.29, 0.717) is 6.42 Å². The summed E-state index contributed by atoms with van der Waals surface area (Å²) in [7, 11) is 0. The van der Waals surface area contributed by atoms with Crippen LogP contribution in [0.5, 0.6) is 0 Å². The van der Waals surface area contributed by atoms with Gasteiger partial charge in [-0.2, -0.15) is 5.26 Å². The van der Waals surface area contributed by atoms with Crippen molar-refractivity contribution >= 4 is 10.9 Å². The maximum absolute atomic E-state index is 8.91. The zero-order chi connectivity index (χ0) is 18.8. The number of hydrogen-bond acceptors (Lipinski definition) is 3. The molecule has 2 aromatic heterocycles. The predicted molar refractivity (Wildman–Crippen MR) is 109 cm³/mol. The molecular formula is C23H26N4. The molecule has 0 N–H and O–H groups in total. The molecule has 0 amide bonds. The minimum Gasteiger partial charge on any atom is -0.344 e. The van der Waals surface area contributed by atoms with Crippen LogP contribution in [-0.4, -0.2) is 27.5 Å². The highest BCUT2D eigenvalue weighted by Gasteiger charge is 2.23. The van der Waals surface area contributed by atoms with Crippen LogP contribution in [0.3, 0.4) is 0 Å².